The van der Waals surface area contributed by atoms with Crippen LogP contribution in [0.1, 0.15) is 17.0 Å². The summed E-state index contributed by atoms with van der Waals surface area (Å²) in [6.07, 6.45) is 2.44. The molecule has 2 aliphatic rings. The predicted molar refractivity (Wildman–Crippen MR) is 216 cm³/mol. The van der Waals surface area contributed by atoms with E-state index in [0.29, 0.717) is 78.5 Å². The van der Waals surface area contributed by atoms with Gasteiger partial charge in [-0.3, -0.25) is 23.6 Å². The molecule has 0 aliphatic carbocycles. The Hall–Kier alpha value is -6.23. The lowest BCUT2D eigenvalue weighted by Crippen LogP contribution is -2.49. The van der Waals surface area contributed by atoms with Crippen LogP contribution >= 0.6 is 0 Å². The lowest BCUT2D eigenvalue weighted by atomic mass is 10.2. The standard InChI is InChI=1S/C20H29N5O3.C19H21N5O4/c1-22-18(15-19(26)23(2)20(22)27)21-9-6-10-24-11-13-25(14-12-24)16-7-4-5-8-17(16)28-3;1-26-15-10-12-13(11-16(15)27-2)21-19(22-17(12)20)24-7-5-23(6-8-24)18(25)14-4-3-9-28-14/h4-5,7-8,15,21H,6,9-14H2,1-3H3;3-4,9-11H,5-8H2,1-2H3,(H2,20,21,22). The number of ether oxygens (including phenoxy) is 3. The molecule has 2 fully saturated rings. The highest BCUT2D eigenvalue weighted by Crippen LogP contribution is 2.34. The maximum Gasteiger partial charge on any atom is 0.332 e. The van der Waals surface area contributed by atoms with Gasteiger partial charge in [0.2, 0.25) is 5.95 Å². The lowest BCUT2D eigenvalue weighted by Gasteiger charge is -2.36. The zero-order chi connectivity index (χ0) is 39.8. The number of nitrogens with two attached hydrogens (primary N) is 1. The van der Waals surface area contributed by atoms with Gasteiger partial charge in [0.15, 0.2) is 17.3 Å². The molecule has 0 radical (unpaired) electrons. The fourth-order valence-electron chi connectivity index (χ4n) is 6.80. The molecule has 0 bridgehead atoms. The Labute approximate surface area is 324 Å². The van der Waals surface area contributed by atoms with Crippen molar-refractivity contribution in [2.45, 2.75) is 6.42 Å². The number of nitrogen functional groups attached to an aromatic ring is 1. The third-order valence-corrected chi connectivity index (χ3v) is 10.1. The van der Waals surface area contributed by atoms with Crippen LogP contribution in [0.15, 0.2) is 74.9 Å². The van der Waals surface area contributed by atoms with Crippen LogP contribution in [0, 0.1) is 0 Å². The molecule has 7 rings (SSSR count). The van der Waals surface area contributed by atoms with Crippen LogP contribution in [0.25, 0.3) is 10.9 Å². The summed E-state index contributed by atoms with van der Waals surface area (Å²) in [5.41, 5.74) is 7.38. The molecule has 2 aromatic carbocycles. The Kier molecular flexibility index (Phi) is 12.6. The molecule has 56 heavy (non-hydrogen) atoms. The lowest BCUT2D eigenvalue weighted by molar-refractivity contribution is 0.0714. The van der Waals surface area contributed by atoms with Crippen molar-refractivity contribution in [2.75, 3.05) is 108 Å². The first-order valence-electron chi connectivity index (χ1n) is 18.5. The SMILES string of the molecule is COc1cc2nc(N3CCN(C(=O)c4ccco4)CC3)nc(N)c2cc1OC.COc1ccccc1N1CCN(CCCNc2cc(=O)n(C)c(=O)n2C)CC1. The van der Waals surface area contributed by atoms with Crippen LogP contribution in [-0.4, -0.2) is 122 Å². The third-order valence-electron chi connectivity index (χ3n) is 10.1. The highest BCUT2D eigenvalue weighted by molar-refractivity contribution is 5.92. The average molecular weight is 771 g/mol. The van der Waals surface area contributed by atoms with Crippen molar-refractivity contribution in [3.63, 3.8) is 0 Å². The summed E-state index contributed by atoms with van der Waals surface area (Å²) < 4.78 is 23.9. The summed E-state index contributed by atoms with van der Waals surface area (Å²) in [6, 6.07) is 16.5. The number of para-hydroxylation sites is 2. The second-order valence-electron chi connectivity index (χ2n) is 13.4. The molecule has 0 spiro atoms. The maximum atomic E-state index is 12.4. The van der Waals surface area contributed by atoms with E-state index in [9.17, 15) is 14.4 Å². The van der Waals surface area contributed by atoms with E-state index < -0.39 is 0 Å². The number of carbonyl (C=O) groups is 1. The summed E-state index contributed by atoms with van der Waals surface area (Å²) in [6.45, 7) is 7.94. The molecule has 0 unspecified atom stereocenters. The van der Waals surface area contributed by atoms with E-state index in [4.69, 9.17) is 24.4 Å². The number of furan rings is 1. The topological polar surface area (TPSA) is 179 Å². The second kappa shape index (κ2) is 17.9. The normalized spacial score (nSPS) is 14.6. The van der Waals surface area contributed by atoms with Gasteiger partial charge in [0.05, 0.1) is 38.8 Å². The number of nitrogens with zero attached hydrogens (tertiary/aromatic N) is 8. The van der Waals surface area contributed by atoms with E-state index in [1.165, 1.54) is 23.9 Å². The predicted octanol–water partition coefficient (Wildman–Crippen LogP) is 2.50. The minimum atomic E-state index is -0.317. The number of benzene rings is 2. The van der Waals surface area contributed by atoms with E-state index in [-0.39, 0.29) is 17.2 Å². The van der Waals surface area contributed by atoms with Gasteiger partial charge in [-0.25, -0.2) is 9.78 Å². The van der Waals surface area contributed by atoms with Crippen molar-refractivity contribution in [2.24, 2.45) is 14.1 Å². The van der Waals surface area contributed by atoms with Crippen molar-refractivity contribution in [3.8, 4) is 17.2 Å². The quantitative estimate of drug-likeness (QED) is 0.187. The third kappa shape index (κ3) is 8.83. The number of amides is 1. The van der Waals surface area contributed by atoms with E-state index >= 15 is 0 Å². The number of rotatable bonds is 11. The molecule has 0 saturated carbocycles. The van der Waals surface area contributed by atoms with Crippen molar-refractivity contribution in [1.29, 1.82) is 0 Å². The van der Waals surface area contributed by atoms with Crippen molar-refractivity contribution >= 4 is 40.1 Å². The summed E-state index contributed by atoms with van der Waals surface area (Å²) in [5.74, 6) is 3.77. The summed E-state index contributed by atoms with van der Waals surface area (Å²) in [5, 5.41) is 3.91. The van der Waals surface area contributed by atoms with Gasteiger partial charge < -0.3 is 44.4 Å². The Bertz CT molecular complexity index is 2220. The average Bonchev–Trinajstić information content (AvgIpc) is 3.78. The fourth-order valence-corrected chi connectivity index (χ4v) is 6.80. The highest BCUT2D eigenvalue weighted by atomic mass is 16.5. The molecule has 1 amide bonds. The van der Waals surface area contributed by atoms with E-state index in [1.807, 2.05) is 23.1 Å². The van der Waals surface area contributed by atoms with Gasteiger partial charge in [-0.15, -0.1) is 0 Å². The van der Waals surface area contributed by atoms with Crippen LogP contribution in [-0.2, 0) is 14.1 Å². The van der Waals surface area contributed by atoms with Gasteiger partial charge in [-0.1, -0.05) is 12.1 Å². The molecule has 0 atom stereocenters. The minimum absolute atomic E-state index is 0.111. The Morgan fingerprint density at radius 2 is 1.48 bits per heavy atom. The molecule has 3 N–H and O–H groups in total. The molecule has 2 aliphatic heterocycles. The zero-order valence-electron chi connectivity index (χ0n) is 32.6. The molecule has 2 saturated heterocycles. The van der Waals surface area contributed by atoms with Crippen LogP contribution < -0.4 is 46.3 Å². The number of methoxy groups -OCH3 is 3. The first-order chi connectivity index (χ1) is 27.1. The van der Waals surface area contributed by atoms with Gasteiger partial charge in [0, 0.05) is 90.5 Å². The molecule has 5 aromatic rings. The van der Waals surface area contributed by atoms with Gasteiger partial charge in [-0.05, 0) is 43.3 Å². The van der Waals surface area contributed by atoms with Crippen molar-refractivity contribution in [3.05, 3.63) is 87.5 Å². The first-order valence-corrected chi connectivity index (χ1v) is 18.5. The Morgan fingerprint density at radius 3 is 2.16 bits per heavy atom. The molecule has 5 heterocycles. The van der Waals surface area contributed by atoms with Gasteiger partial charge >= 0.3 is 5.69 Å². The Morgan fingerprint density at radius 1 is 0.804 bits per heavy atom. The number of hydrogen-bond acceptors (Lipinski definition) is 14. The molecular weight excluding hydrogens is 720 g/mol. The maximum absolute atomic E-state index is 12.4. The minimum Gasteiger partial charge on any atom is -0.495 e. The van der Waals surface area contributed by atoms with Crippen LogP contribution in [0.2, 0.25) is 0 Å². The van der Waals surface area contributed by atoms with Crippen LogP contribution in [0.4, 0.5) is 23.3 Å². The number of hydrogen-bond donors (Lipinski definition) is 2. The van der Waals surface area contributed by atoms with Crippen LogP contribution in [0.3, 0.4) is 0 Å². The molecule has 17 nitrogen and oxygen atoms in total. The smallest absolute Gasteiger partial charge is 0.332 e. The number of piperazine rings is 2. The summed E-state index contributed by atoms with van der Waals surface area (Å²) >= 11 is 0. The highest BCUT2D eigenvalue weighted by Gasteiger charge is 2.26. The number of nitrogens with one attached hydrogen (secondary N) is 1. The van der Waals surface area contributed by atoms with Crippen LogP contribution in [0.5, 0.6) is 17.2 Å². The molecule has 17 heteroatoms. The monoisotopic (exact) mass is 770 g/mol. The number of carbonyl (C=O) groups excluding carboxylic acids is 1. The Balaban J connectivity index is 0.000000190. The fraction of sp³-hybridized carbons (Fsp3) is 0.410. The molecular formula is C39H50N10O7. The number of fused-ring (bicyclic) bond motifs is 1. The van der Waals surface area contributed by atoms with Gasteiger partial charge in [0.25, 0.3) is 11.5 Å². The summed E-state index contributed by atoms with van der Waals surface area (Å²) in [4.78, 5) is 53.8. The number of aromatic nitrogens is 4. The number of anilines is 4. The second-order valence-corrected chi connectivity index (χ2v) is 13.4. The largest absolute Gasteiger partial charge is 0.495 e. The van der Waals surface area contributed by atoms with E-state index in [2.05, 4.69) is 31.2 Å². The molecule has 298 valence electrons. The van der Waals surface area contributed by atoms with Crippen molar-refractivity contribution in [1.82, 2.24) is 28.9 Å². The molecule has 3 aromatic heterocycles. The van der Waals surface area contributed by atoms with E-state index in [1.54, 1.807) is 57.5 Å². The van der Waals surface area contributed by atoms with Gasteiger partial charge in [0.1, 0.15) is 17.4 Å². The first kappa shape index (κ1) is 39.5. The van der Waals surface area contributed by atoms with E-state index in [0.717, 1.165) is 55.1 Å². The summed E-state index contributed by atoms with van der Waals surface area (Å²) in [7, 11) is 8.00. The van der Waals surface area contributed by atoms with Crippen molar-refractivity contribution < 1.29 is 23.4 Å². The zero-order valence-corrected chi connectivity index (χ0v) is 32.6. The van der Waals surface area contributed by atoms with Gasteiger partial charge in [-0.2, -0.15) is 4.98 Å².